The van der Waals surface area contributed by atoms with Crippen LogP contribution in [0.3, 0.4) is 0 Å². The van der Waals surface area contributed by atoms with E-state index in [2.05, 4.69) is 23.7 Å². The Bertz CT molecular complexity index is 441. The van der Waals surface area contributed by atoms with Gasteiger partial charge in [-0.25, -0.2) is 4.79 Å². The fraction of sp³-hybridized carbons (Fsp3) is 0.462. The molecule has 1 aromatic rings. The van der Waals surface area contributed by atoms with Crippen LogP contribution in [0, 0.1) is 16.0 Å². The minimum Gasteiger partial charge on any atom is -0.260 e. The normalized spacial score (nSPS) is 12.0. The first-order chi connectivity index (χ1) is 8.90. The molecule has 1 aromatic carbocycles. The van der Waals surface area contributed by atoms with Gasteiger partial charge in [-0.3, -0.25) is 4.89 Å². The fourth-order valence-electron chi connectivity index (χ4n) is 1.69. The molecule has 6 nitrogen and oxygen atoms in total. The lowest BCUT2D eigenvalue weighted by molar-refractivity contribution is -0.839. The zero-order valence-corrected chi connectivity index (χ0v) is 11.2. The molecule has 0 amide bonds. The molecule has 19 heavy (non-hydrogen) atoms. The zero-order chi connectivity index (χ0) is 14.4. The topological polar surface area (TPSA) is 78.7 Å². The second-order valence-electron chi connectivity index (χ2n) is 4.76. The summed E-state index contributed by atoms with van der Waals surface area (Å²) in [5.41, 5.74) is 1.91. The second kappa shape index (κ2) is 6.72. The molecule has 0 saturated carbocycles. The van der Waals surface area contributed by atoms with Gasteiger partial charge in [0.1, 0.15) is 0 Å². The number of carbonyl (C=O) groups excluding carboxylic acids is 1. The van der Waals surface area contributed by atoms with Crippen molar-refractivity contribution in [2.24, 2.45) is 5.92 Å². The molecule has 104 valence electrons. The monoisotopic (exact) mass is 267 g/mol. The number of hydrogen-bond donors (Lipinski definition) is 0. The molecule has 0 radical (unpaired) electrons. The fourth-order valence-corrected chi connectivity index (χ4v) is 1.69. The first-order valence-electron chi connectivity index (χ1n) is 6.02. The summed E-state index contributed by atoms with van der Waals surface area (Å²) in [6, 6.07) is 7.51. The van der Waals surface area contributed by atoms with Gasteiger partial charge in [0.15, 0.2) is 0 Å². The largest absolute Gasteiger partial charge is 0.350 e. The Kier molecular flexibility index (Phi) is 5.29. The van der Waals surface area contributed by atoms with Crippen molar-refractivity contribution in [2.75, 3.05) is 0 Å². The predicted molar refractivity (Wildman–Crippen MR) is 67.6 cm³/mol. The van der Waals surface area contributed by atoms with Gasteiger partial charge in [0.2, 0.25) is 0 Å². The molecule has 0 bridgehead atoms. The molecule has 6 heteroatoms. The van der Waals surface area contributed by atoms with Crippen LogP contribution in [0.15, 0.2) is 24.3 Å². The van der Waals surface area contributed by atoms with Crippen LogP contribution in [-0.2, 0) is 21.1 Å². The average Bonchev–Trinajstić information content (AvgIpc) is 2.35. The van der Waals surface area contributed by atoms with Crippen LogP contribution in [0.25, 0.3) is 0 Å². The number of benzene rings is 1. The van der Waals surface area contributed by atoms with Crippen molar-refractivity contribution in [1.29, 1.82) is 0 Å². The molecule has 0 saturated heterocycles. The van der Waals surface area contributed by atoms with Crippen molar-refractivity contribution >= 4 is 5.97 Å². The summed E-state index contributed by atoms with van der Waals surface area (Å²) in [5.74, 6) is -0.858. The number of hydrogen-bond acceptors (Lipinski definition) is 5. The van der Waals surface area contributed by atoms with Crippen molar-refractivity contribution in [1.82, 2.24) is 0 Å². The van der Waals surface area contributed by atoms with Gasteiger partial charge in [-0.1, -0.05) is 43.1 Å². The van der Waals surface area contributed by atoms with Crippen LogP contribution >= 0.6 is 0 Å². The maximum atomic E-state index is 11.5. The first-order valence-corrected chi connectivity index (χ1v) is 6.02. The zero-order valence-electron chi connectivity index (χ0n) is 11.2. The molecule has 0 fully saturated rings. The van der Waals surface area contributed by atoms with Crippen molar-refractivity contribution in [3.8, 4) is 0 Å². The van der Waals surface area contributed by atoms with Gasteiger partial charge in [-0.15, -0.1) is 10.1 Å². The minimum atomic E-state index is -1.17. The Morgan fingerprint density at radius 1 is 1.26 bits per heavy atom. The SMILES string of the molecule is CC(C)Cc1ccc(C(C)C(=O)OO[N+](=O)[O-])cc1. The van der Waals surface area contributed by atoms with Crippen LogP contribution < -0.4 is 0 Å². The van der Waals surface area contributed by atoms with Gasteiger partial charge in [-0.05, 0) is 30.4 Å². The van der Waals surface area contributed by atoms with Gasteiger partial charge < -0.3 is 0 Å². The lowest BCUT2D eigenvalue weighted by Gasteiger charge is -2.10. The van der Waals surface area contributed by atoms with E-state index >= 15 is 0 Å². The van der Waals surface area contributed by atoms with Crippen LogP contribution in [0.1, 0.15) is 37.8 Å². The van der Waals surface area contributed by atoms with Crippen molar-refractivity contribution < 1.29 is 19.8 Å². The molecule has 0 aliphatic carbocycles. The van der Waals surface area contributed by atoms with E-state index in [0.717, 1.165) is 12.0 Å². The van der Waals surface area contributed by atoms with Gasteiger partial charge in [0.05, 0.1) is 5.92 Å². The summed E-state index contributed by atoms with van der Waals surface area (Å²) in [4.78, 5) is 29.0. The lowest BCUT2D eigenvalue weighted by atomic mass is 9.97. The number of nitrogens with zero attached hydrogens (tertiary/aromatic N) is 1. The third-order valence-corrected chi connectivity index (χ3v) is 2.66. The van der Waals surface area contributed by atoms with E-state index in [1.54, 1.807) is 6.92 Å². The van der Waals surface area contributed by atoms with Crippen LogP contribution in [0.5, 0.6) is 0 Å². The van der Waals surface area contributed by atoms with Crippen molar-refractivity contribution in [2.45, 2.75) is 33.1 Å². The van der Waals surface area contributed by atoms with Gasteiger partial charge in [0.25, 0.3) is 0 Å². The highest BCUT2D eigenvalue weighted by Gasteiger charge is 2.19. The standard InChI is InChI=1S/C13H17NO5/c1-9(2)8-11-4-6-12(7-5-11)10(3)13(15)18-19-14(16)17/h4-7,9-10H,8H2,1-3H3. The van der Waals surface area contributed by atoms with Gasteiger partial charge >= 0.3 is 11.1 Å². The van der Waals surface area contributed by atoms with Crippen molar-refractivity contribution in [3.63, 3.8) is 0 Å². The van der Waals surface area contributed by atoms with Crippen LogP contribution in [-0.4, -0.2) is 11.1 Å². The molecule has 1 unspecified atom stereocenters. The highest BCUT2D eigenvalue weighted by molar-refractivity contribution is 5.77. The van der Waals surface area contributed by atoms with Crippen LogP contribution in [0.2, 0.25) is 0 Å². The summed E-state index contributed by atoms with van der Waals surface area (Å²) in [7, 11) is 0. The lowest BCUT2D eigenvalue weighted by Crippen LogP contribution is -2.15. The second-order valence-corrected chi connectivity index (χ2v) is 4.76. The Labute approximate surface area is 111 Å². The summed E-state index contributed by atoms with van der Waals surface area (Å²) < 4.78 is 0. The highest BCUT2D eigenvalue weighted by atomic mass is 17.3. The van der Waals surface area contributed by atoms with E-state index in [-0.39, 0.29) is 0 Å². The van der Waals surface area contributed by atoms with Crippen LogP contribution in [0.4, 0.5) is 0 Å². The van der Waals surface area contributed by atoms with E-state index in [1.165, 1.54) is 5.56 Å². The highest BCUT2D eigenvalue weighted by Crippen LogP contribution is 2.18. The van der Waals surface area contributed by atoms with E-state index in [9.17, 15) is 14.9 Å². The molecule has 1 atom stereocenters. The molecule has 0 aliphatic heterocycles. The summed E-state index contributed by atoms with van der Waals surface area (Å²) >= 11 is 0. The maximum absolute atomic E-state index is 11.5. The average molecular weight is 267 g/mol. The predicted octanol–water partition coefficient (Wildman–Crippen LogP) is 2.66. The summed E-state index contributed by atoms with van der Waals surface area (Å²) in [5, 5.41) is 8.75. The number of carbonyl (C=O) groups is 1. The van der Waals surface area contributed by atoms with Gasteiger partial charge in [0, 0.05) is 0 Å². The molecule has 0 N–H and O–H groups in total. The Hall–Kier alpha value is -2.11. The molecule has 0 aliphatic rings. The Morgan fingerprint density at radius 2 is 1.84 bits per heavy atom. The van der Waals surface area contributed by atoms with Gasteiger partial charge in [-0.2, -0.15) is 0 Å². The molecular weight excluding hydrogens is 250 g/mol. The van der Waals surface area contributed by atoms with E-state index in [4.69, 9.17) is 0 Å². The number of rotatable bonds is 6. The minimum absolute atomic E-state index is 0.557. The Morgan fingerprint density at radius 3 is 2.32 bits per heavy atom. The van der Waals surface area contributed by atoms with Crippen molar-refractivity contribution in [3.05, 3.63) is 45.5 Å². The first kappa shape index (κ1) is 14.9. The quantitative estimate of drug-likeness (QED) is 0.449. The maximum Gasteiger partial charge on any atom is 0.350 e. The smallest absolute Gasteiger partial charge is 0.260 e. The van der Waals surface area contributed by atoms with E-state index < -0.39 is 17.0 Å². The molecule has 0 aromatic heterocycles. The van der Waals surface area contributed by atoms with E-state index in [1.807, 2.05) is 24.3 Å². The molecular formula is C13H17NO5. The summed E-state index contributed by atoms with van der Waals surface area (Å²) in [6.45, 7) is 5.86. The Balaban J connectivity index is 2.64. The molecule has 0 heterocycles. The van der Waals surface area contributed by atoms with E-state index in [0.29, 0.717) is 5.92 Å². The third-order valence-electron chi connectivity index (χ3n) is 2.66. The third kappa shape index (κ3) is 4.95. The summed E-state index contributed by atoms with van der Waals surface area (Å²) in [6.07, 6.45) is 0.962. The molecule has 0 spiro atoms. The molecule has 1 rings (SSSR count).